The van der Waals surface area contributed by atoms with E-state index in [1.165, 1.54) is 11.3 Å². The van der Waals surface area contributed by atoms with Gasteiger partial charge in [-0.1, -0.05) is 23.7 Å². The van der Waals surface area contributed by atoms with E-state index in [1.807, 2.05) is 12.1 Å². The number of ketones is 1. The molecule has 3 rings (SSSR count). The quantitative estimate of drug-likeness (QED) is 0.672. The van der Waals surface area contributed by atoms with Crippen LogP contribution in [0.4, 0.5) is 0 Å². The minimum Gasteiger partial charge on any atom is -0.496 e. The first-order valence-corrected chi connectivity index (χ1v) is 6.80. The molecule has 96 valence electrons. The predicted molar refractivity (Wildman–Crippen MR) is 75.5 cm³/mol. The van der Waals surface area contributed by atoms with E-state index in [2.05, 4.69) is 0 Å². The van der Waals surface area contributed by atoms with Crippen LogP contribution in [0.15, 0.2) is 40.1 Å². The second kappa shape index (κ2) is 4.72. The van der Waals surface area contributed by atoms with Crippen LogP contribution in [0.1, 0.15) is 15.4 Å². The maximum atomic E-state index is 12.3. The van der Waals surface area contributed by atoms with Crippen molar-refractivity contribution in [1.29, 1.82) is 0 Å². The summed E-state index contributed by atoms with van der Waals surface area (Å²) in [5.74, 6) is 0.788. The molecule has 0 N–H and O–H groups in total. The molecule has 2 heterocycles. The Bertz CT molecular complexity index is 757. The van der Waals surface area contributed by atoms with E-state index >= 15 is 0 Å². The topological polar surface area (TPSA) is 39.4 Å². The Morgan fingerprint density at radius 3 is 2.89 bits per heavy atom. The van der Waals surface area contributed by atoms with Crippen LogP contribution >= 0.6 is 22.9 Å². The largest absolute Gasteiger partial charge is 0.496 e. The van der Waals surface area contributed by atoms with Crippen molar-refractivity contribution in [3.05, 3.63) is 51.4 Å². The summed E-state index contributed by atoms with van der Waals surface area (Å²) < 4.78 is 10.6. The SMILES string of the molecule is COc1csc(C(=O)c2cc3cccc(Cl)c3o2)c1. The van der Waals surface area contributed by atoms with Gasteiger partial charge in [0.15, 0.2) is 11.3 Å². The molecule has 0 bridgehead atoms. The van der Waals surface area contributed by atoms with Crippen molar-refractivity contribution in [2.45, 2.75) is 0 Å². The number of carbonyl (C=O) groups excluding carboxylic acids is 1. The van der Waals surface area contributed by atoms with Gasteiger partial charge in [-0.25, -0.2) is 0 Å². The molecule has 0 spiro atoms. The predicted octanol–water partition coefficient (Wildman–Crippen LogP) is 4.39. The molecule has 0 amide bonds. The third-order valence-electron chi connectivity index (χ3n) is 2.75. The second-order valence-corrected chi connectivity index (χ2v) is 5.27. The fourth-order valence-electron chi connectivity index (χ4n) is 1.81. The van der Waals surface area contributed by atoms with Crippen LogP contribution < -0.4 is 4.74 Å². The molecular formula is C14H9ClO3S. The number of benzene rings is 1. The summed E-state index contributed by atoms with van der Waals surface area (Å²) in [5, 5.41) is 3.10. The Hall–Kier alpha value is -1.78. The lowest BCUT2D eigenvalue weighted by Gasteiger charge is -1.92. The highest BCUT2D eigenvalue weighted by Crippen LogP contribution is 2.29. The van der Waals surface area contributed by atoms with Gasteiger partial charge in [-0.15, -0.1) is 11.3 Å². The lowest BCUT2D eigenvalue weighted by Crippen LogP contribution is -1.95. The Morgan fingerprint density at radius 1 is 1.37 bits per heavy atom. The molecule has 0 saturated carbocycles. The summed E-state index contributed by atoms with van der Waals surface area (Å²) in [6.07, 6.45) is 0. The molecule has 0 aliphatic rings. The molecule has 1 aromatic carbocycles. The highest BCUT2D eigenvalue weighted by molar-refractivity contribution is 7.12. The molecule has 2 aromatic heterocycles. The zero-order valence-corrected chi connectivity index (χ0v) is 11.5. The molecule has 3 aromatic rings. The van der Waals surface area contributed by atoms with E-state index in [0.717, 1.165) is 5.39 Å². The summed E-state index contributed by atoms with van der Waals surface area (Å²) in [6, 6.07) is 8.81. The summed E-state index contributed by atoms with van der Waals surface area (Å²) in [7, 11) is 1.57. The zero-order chi connectivity index (χ0) is 13.4. The van der Waals surface area contributed by atoms with Crippen molar-refractivity contribution in [3.63, 3.8) is 0 Å². The molecule has 0 aliphatic heterocycles. The van der Waals surface area contributed by atoms with Gasteiger partial charge in [-0.05, 0) is 12.1 Å². The molecule has 0 atom stereocenters. The van der Waals surface area contributed by atoms with Gasteiger partial charge >= 0.3 is 0 Å². The van der Waals surface area contributed by atoms with Crippen molar-refractivity contribution in [2.24, 2.45) is 0 Å². The van der Waals surface area contributed by atoms with Gasteiger partial charge < -0.3 is 9.15 Å². The highest BCUT2D eigenvalue weighted by atomic mass is 35.5. The van der Waals surface area contributed by atoms with E-state index in [-0.39, 0.29) is 11.5 Å². The molecule has 19 heavy (non-hydrogen) atoms. The maximum absolute atomic E-state index is 12.3. The van der Waals surface area contributed by atoms with Crippen LogP contribution in [0.2, 0.25) is 5.02 Å². The number of furan rings is 1. The number of carbonyl (C=O) groups is 1. The monoisotopic (exact) mass is 292 g/mol. The zero-order valence-electron chi connectivity index (χ0n) is 9.98. The molecule has 0 fully saturated rings. The lowest BCUT2D eigenvalue weighted by molar-refractivity contribution is 0.101. The number of thiophene rings is 1. The molecule has 0 saturated heterocycles. The third kappa shape index (κ3) is 2.13. The van der Waals surface area contributed by atoms with Crippen LogP contribution in [0.3, 0.4) is 0 Å². The number of halogens is 1. The van der Waals surface area contributed by atoms with Crippen molar-refractivity contribution >= 4 is 39.7 Å². The van der Waals surface area contributed by atoms with Gasteiger partial charge in [0, 0.05) is 16.8 Å². The van der Waals surface area contributed by atoms with E-state index in [0.29, 0.717) is 21.2 Å². The van der Waals surface area contributed by atoms with Crippen molar-refractivity contribution < 1.29 is 13.9 Å². The molecule has 0 unspecified atom stereocenters. The number of rotatable bonds is 3. The van der Waals surface area contributed by atoms with E-state index in [9.17, 15) is 4.79 Å². The van der Waals surface area contributed by atoms with Gasteiger partial charge in [-0.3, -0.25) is 4.79 Å². The molecular weight excluding hydrogens is 284 g/mol. The summed E-state index contributed by atoms with van der Waals surface area (Å²) in [4.78, 5) is 12.9. The summed E-state index contributed by atoms with van der Waals surface area (Å²) in [5.41, 5.74) is 0.538. The minimum atomic E-state index is -0.166. The van der Waals surface area contributed by atoms with Crippen LogP contribution in [0.5, 0.6) is 5.75 Å². The maximum Gasteiger partial charge on any atom is 0.238 e. The van der Waals surface area contributed by atoms with Crippen LogP contribution in [0, 0.1) is 0 Å². The lowest BCUT2D eigenvalue weighted by atomic mass is 10.2. The molecule has 3 nitrogen and oxygen atoms in total. The van der Waals surface area contributed by atoms with Gasteiger partial charge in [-0.2, -0.15) is 0 Å². The standard InChI is InChI=1S/C14H9ClO3S/c1-17-9-6-12(19-7-9)13(16)11-5-8-3-2-4-10(15)14(8)18-11/h2-7H,1H3. The smallest absolute Gasteiger partial charge is 0.238 e. The Morgan fingerprint density at radius 2 is 2.21 bits per heavy atom. The van der Waals surface area contributed by atoms with Gasteiger partial charge in [0.25, 0.3) is 0 Å². The Balaban J connectivity index is 2.04. The highest BCUT2D eigenvalue weighted by Gasteiger charge is 2.17. The average molecular weight is 293 g/mol. The first kappa shape index (κ1) is 12.3. The molecule has 5 heteroatoms. The van der Waals surface area contributed by atoms with Crippen LogP contribution in [-0.2, 0) is 0 Å². The summed E-state index contributed by atoms with van der Waals surface area (Å²) in [6.45, 7) is 0. The van der Waals surface area contributed by atoms with Gasteiger partial charge in [0.05, 0.1) is 17.0 Å². The van der Waals surface area contributed by atoms with E-state index in [4.69, 9.17) is 20.8 Å². The number of ether oxygens (including phenoxy) is 1. The van der Waals surface area contributed by atoms with Crippen molar-refractivity contribution in [2.75, 3.05) is 7.11 Å². The minimum absolute atomic E-state index is 0.166. The fraction of sp³-hybridized carbons (Fsp3) is 0.0714. The Labute approximate surface area is 118 Å². The first-order valence-electron chi connectivity index (χ1n) is 5.54. The number of hydrogen-bond acceptors (Lipinski definition) is 4. The van der Waals surface area contributed by atoms with Gasteiger partial charge in [0.2, 0.25) is 5.78 Å². The van der Waals surface area contributed by atoms with Crippen molar-refractivity contribution in [1.82, 2.24) is 0 Å². The second-order valence-electron chi connectivity index (χ2n) is 3.95. The normalized spacial score (nSPS) is 10.8. The number of para-hydroxylation sites is 1. The molecule has 0 radical (unpaired) electrons. The van der Waals surface area contributed by atoms with Crippen molar-refractivity contribution in [3.8, 4) is 5.75 Å². The van der Waals surface area contributed by atoms with E-state index in [1.54, 1.807) is 30.7 Å². The van der Waals surface area contributed by atoms with Gasteiger partial charge in [0.1, 0.15) is 5.75 Å². The average Bonchev–Trinajstić information content (AvgIpc) is 3.05. The number of hydrogen-bond donors (Lipinski definition) is 0. The Kier molecular flexibility index (Phi) is 3.05. The molecule has 0 aliphatic carbocycles. The van der Waals surface area contributed by atoms with Crippen LogP contribution in [0.25, 0.3) is 11.0 Å². The first-order chi connectivity index (χ1) is 9.19. The van der Waals surface area contributed by atoms with Crippen LogP contribution in [-0.4, -0.2) is 12.9 Å². The number of methoxy groups -OCH3 is 1. The fourth-order valence-corrected chi connectivity index (χ4v) is 2.83. The van der Waals surface area contributed by atoms with E-state index < -0.39 is 0 Å². The third-order valence-corrected chi connectivity index (χ3v) is 3.96. The summed E-state index contributed by atoms with van der Waals surface area (Å²) >= 11 is 7.35. The number of fused-ring (bicyclic) bond motifs is 1.